The Balaban J connectivity index is 2.31. The Hall–Kier alpha value is -0.660. The van der Waals surface area contributed by atoms with Crippen LogP contribution in [0.15, 0.2) is 0 Å². The molecular weight excluding hydrogens is 270 g/mol. The van der Waals surface area contributed by atoms with Crippen LogP contribution in [0, 0.1) is 5.92 Å². The van der Waals surface area contributed by atoms with Crippen LogP contribution in [0.5, 0.6) is 0 Å². The predicted molar refractivity (Wildman–Crippen MR) is 71.0 cm³/mol. The van der Waals surface area contributed by atoms with Crippen LogP contribution >= 0.6 is 0 Å². The van der Waals surface area contributed by atoms with Gasteiger partial charge in [-0.15, -0.1) is 0 Å². The molecule has 2 atom stereocenters. The summed E-state index contributed by atoms with van der Waals surface area (Å²) in [6, 6.07) is 0. The Morgan fingerprint density at radius 1 is 1.37 bits per heavy atom. The van der Waals surface area contributed by atoms with Crippen molar-refractivity contribution in [1.29, 1.82) is 0 Å². The van der Waals surface area contributed by atoms with Crippen molar-refractivity contribution in [2.24, 2.45) is 5.92 Å². The maximum absolute atomic E-state index is 11.7. The summed E-state index contributed by atoms with van der Waals surface area (Å²) in [7, 11) is -3.48. The number of aliphatic hydroxyl groups excluding tert-OH is 1. The van der Waals surface area contributed by atoms with Gasteiger partial charge in [-0.1, -0.05) is 12.8 Å². The molecule has 1 saturated carbocycles. The Kier molecular flexibility index (Phi) is 6.74. The van der Waals surface area contributed by atoms with Crippen LogP contribution in [0.4, 0.5) is 0 Å². The molecule has 0 heterocycles. The highest BCUT2D eigenvalue weighted by molar-refractivity contribution is 7.89. The molecule has 1 aliphatic carbocycles. The number of carbonyl (C=O) groups excluding carboxylic acids is 1. The molecule has 1 fully saturated rings. The molecule has 1 rings (SSSR count). The highest BCUT2D eigenvalue weighted by atomic mass is 32.2. The van der Waals surface area contributed by atoms with Crippen LogP contribution in [0.3, 0.4) is 0 Å². The number of aliphatic hydroxyl groups is 1. The fourth-order valence-corrected chi connectivity index (χ4v) is 3.23. The van der Waals surface area contributed by atoms with E-state index in [9.17, 15) is 18.3 Å². The van der Waals surface area contributed by atoms with E-state index in [1.54, 1.807) is 6.92 Å². The lowest BCUT2D eigenvalue weighted by atomic mass is 9.87. The topological polar surface area (TPSA) is 92.7 Å². The van der Waals surface area contributed by atoms with Crippen molar-refractivity contribution in [3.8, 4) is 0 Å². The molecular formula is C12H23NO5S. The fraction of sp³-hybridized carbons (Fsp3) is 0.917. The molecule has 7 heteroatoms. The molecule has 0 saturated heterocycles. The lowest BCUT2D eigenvalue weighted by molar-refractivity contribution is -0.142. The van der Waals surface area contributed by atoms with Crippen LogP contribution in [0.2, 0.25) is 0 Å². The van der Waals surface area contributed by atoms with Crippen LogP contribution in [-0.2, 0) is 19.6 Å². The minimum Gasteiger partial charge on any atom is -0.466 e. The Bertz CT molecular complexity index is 382. The average molecular weight is 293 g/mol. The third-order valence-electron chi connectivity index (χ3n) is 3.31. The summed E-state index contributed by atoms with van der Waals surface area (Å²) in [5, 5.41) is 9.74. The number of rotatable bonds is 7. The largest absolute Gasteiger partial charge is 0.466 e. The lowest BCUT2D eigenvalue weighted by Crippen LogP contribution is -2.37. The maximum Gasteiger partial charge on any atom is 0.306 e. The molecule has 19 heavy (non-hydrogen) atoms. The molecule has 0 amide bonds. The number of esters is 1. The van der Waals surface area contributed by atoms with Crippen LogP contribution in [-0.4, -0.2) is 44.5 Å². The van der Waals surface area contributed by atoms with Gasteiger partial charge < -0.3 is 9.84 Å². The van der Waals surface area contributed by atoms with Gasteiger partial charge in [0.25, 0.3) is 0 Å². The lowest BCUT2D eigenvalue weighted by Gasteiger charge is -2.27. The molecule has 1 aliphatic rings. The molecule has 0 radical (unpaired) electrons. The minimum absolute atomic E-state index is 0.0221. The van der Waals surface area contributed by atoms with E-state index in [4.69, 9.17) is 0 Å². The van der Waals surface area contributed by atoms with E-state index >= 15 is 0 Å². The molecule has 0 spiro atoms. The van der Waals surface area contributed by atoms with Gasteiger partial charge in [0.15, 0.2) is 0 Å². The fourth-order valence-electron chi connectivity index (χ4n) is 2.18. The van der Waals surface area contributed by atoms with Crippen molar-refractivity contribution in [3.05, 3.63) is 0 Å². The van der Waals surface area contributed by atoms with E-state index in [0.29, 0.717) is 0 Å². The summed E-state index contributed by atoms with van der Waals surface area (Å²) in [6.45, 7) is 2.17. The number of ether oxygens (including phenoxy) is 1. The molecule has 112 valence electrons. The zero-order valence-electron chi connectivity index (χ0n) is 11.3. The molecule has 2 N–H and O–H groups in total. The molecule has 0 aromatic rings. The summed E-state index contributed by atoms with van der Waals surface area (Å²) < 4.78 is 30.5. The Labute approximate surface area is 114 Å². The van der Waals surface area contributed by atoms with Gasteiger partial charge in [-0.05, 0) is 25.7 Å². The highest BCUT2D eigenvalue weighted by Gasteiger charge is 2.24. The van der Waals surface area contributed by atoms with E-state index in [1.807, 2.05) is 0 Å². The second kappa shape index (κ2) is 7.81. The van der Waals surface area contributed by atoms with Crippen molar-refractivity contribution < 1.29 is 23.1 Å². The van der Waals surface area contributed by atoms with Crippen molar-refractivity contribution in [2.45, 2.75) is 45.1 Å². The van der Waals surface area contributed by atoms with E-state index in [2.05, 4.69) is 9.46 Å². The summed E-state index contributed by atoms with van der Waals surface area (Å²) in [6.07, 6.45) is 3.01. The number of hydrogen-bond acceptors (Lipinski definition) is 5. The van der Waals surface area contributed by atoms with E-state index in [1.165, 1.54) is 0 Å². The molecule has 2 unspecified atom stereocenters. The first kappa shape index (κ1) is 16.4. The van der Waals surface area contributed by atoms with Crippen LogP contribution in [0.25, 0.3) is 0 Å². The van der Waals surface area contributed by atoms with E-state index in [-0.39, 0.29) is 31.2 Å². The quantitative estimate of drug-likeness (QED) is 0.663. The maximum atomic E-state index is 11.7. The third-order valence-corrected chi connectivity index (χ3v) is 4.66. The Morgan fingerprint density at radius 3 is 2.68 bits per heavy atom. The van der Waals surface area contributed by atoms with Crippen molar-refractivity contribution in [1.82, 2.24) is 4.72 Å². The normalized spacial score (nSPS) is 24.1. The average Bonchev–Trinajstić information content (AvgIpc) is 2.36. The van der Waals surface area contributed by atoms with Gasteiger partial charge in [0, 0.05) is 6.54 Å². The molecule has 6 nitrogen and oxygen atoms in total. The first-order valence-electron chi connectivity index (χ1n) is 6.75. The van der Waals surface area contributed by atoms with Gasteiger partial charge in [0.05, 0.1) is 24.9 Å². The zero-order valence-corrected chi connectivity index (χ0v) is 12.1. The van der Waals surface area contributed by atoms with E-state index in [0.717, 1.165) is 25.7 Å². The van der Waals surface area contributed by atoms with Crippen LogP contribution in [0.1, 0.15) is 39.0 Å². The second-order valence-corrected chi connectivity index (χ2v) is 6.76. The van der Waals surface area contributed by atoms with Gasteiger partial charge >= 0.3 is 5.97 Å². The first-order chi connectivity index (χ1) is 8.94. The molecule has 0 aliphatic heterocycles. The number of sulfonamides is 1. The Morgan fingerprint density at radius 2 is 2.05 bits per heavy atom. The van der Waals surface area contributed by atoms with Gasteiger partial charge in [-0.25, -0.2) is 13.1 Å². The van der Waals surface area contributed by atoms with Gasteiger partial charge in [-0.2, -0.15) is 0 Å². The number of carbonyl (C=O) groups is 1. The minimum atomic E-state index is -3.48. The summed E-state index contributed by atoms with van der Waals surface area (Å²) in [5.41, 5.74) is 0. The number of nitrogens with one attached hydrogen (secondary N) is 1. The van der Waals surface area contributed by atoms with Gasteiger partial charge in [0.2, 0.25) is 10.0 Å². The first-order valence-corrected chi connectivity index (χ1v) is 8.41. The zero-order chi connectivity index (χ0) is 14.3. The highest BCUT2D eigenvalue weighted by Crippen LogP contribution is 2.23. The summed E-state index contributed by atoms with van der Waals surface area (Å²) in [4.78, 5) is 11.1. The van der Waals surface area contributed by atoms with Crippen molar-refractivity contribution in [3.63, 3.8) is 0 Å². The second-order valence-electron chi connectivity index (χ2n) is 4.83. The van der Waals surface area contributed by atoms with Crippen molar-refractivity contribution >= 4 is 16.0 Å². The van der Waals surface area contributed by atoms with Gasteiger partial charge in [-0.3, -0.25) is 4.79 Å². The smallest absolute Gasteiger partial charge is 0.306 e. The molecule has 0 aromatic heterocycles. The SMILES string of the molecule is CCOC(=O)CCS(=O)(=O)NCC1CCCCC1O. The summed E-state index contributed by atoms with van der Waals surface area (Å²) >= 11 is 0. The molecule has 0 aromatic carbocycles. The molecule has 0 bridgehead atoms. The third kappa shape index (κ3) is 6.35. The van der Waals surface area contributed by atoms with Crippen molar-refractivity contribution in [2.75, 3.05) is 18.9 Å². The van der Waals surface area contributed by atoms with Gasteiger partial charge in [0.1, 0.15) is 0 Å². The standard InChI is InChI=1S/C12H23NO5S/c1-2-18-12(15)7-8-19(16,17)13-9-10-5-3-4-6-11(10)14/h10-11,13-14H,2-9H2,1H3. The van der Waals surface area contributed by atoms with E-state index < -0.39 is 22.1 Å². The summed E-state index contributed by atoms with van der Waals surface area (Å²) in [5.74, 6) is -0.800. The van der Waals surface area contributed by atoms with Crippen LogP contribution < -0.4 is 4.72 Å². The monoisotopic (exact) mass is 293 g/mol. The predicted octanol–water partition coefficient (Wildman–Crippen LogP) is 0.410. The number of hydrogen-bond donors (Lipinski definition) is 2.